The fourth-order valence-corrected chi connectivity index (χ4v) is 9.50. The highest BCUT2D eigenvalue weighted by atomic mass is 32.2. The number of halogens is 2. The second-order valence-corrected chi connectivity index (χ2v) is 17.5. The van der Waals surface area contributed by atoms with Crippen LogP contribution in [-0.4, -0.2) is 108 Å². The van der Waals surface area contributed by atoms with Crippen molar-refractivity contribution in [2.24, 2.45) is 11.8 Å². The van der Waals surface area contributed by atoms with E-state index in [2.05, 4.69) is 10.0 Å². The summed E-state index contributed by atoms with van der Waals surface area (Å²) in [5.41, 5.74) is 0.574. The van der Waals surface area contributed by atoms with Crippen molar-refractivity contribution in [1.29, 1.82) is 0 Å². The second kappa shape index (κ2) is 14.6. The van der Waals surface area contributed by atoms with Crippen molar-refractivity contribution in [2.45, 2.75) is 112 Å². The lowest BCUT2D eigenvalue weighted by Crippen LogP contribution is -2.57. The Hall–Kier alpha value is -4.08. The first kappa shape index (κ1) is 37.2. The van der Waals surface area contributed by atoms with E-state index in [1.807, 2.05) is 36.4 Å². The number of alkyl halides is 2. The van der Waals surface area contributed by atoms with Crippen LogP contribution in [0, 0.1) is 11.8 Å². The molecule has 6 aliphatic rings. The summed E-state index contributed by atoms with van der Waals surface area (Å²) in [5.74, 6) is -7.05. The number of allylic oxidation sites excluding steroid dienone is 1. The topological polar surface area (TPSA) is 162 Å². The first-order valence-corrected chi connectivity index (χ1v) is 20.3. The van der Waals surface area contributed by atoms with Gasteiger partial charge in [-0.1, -0.05) is 49.3 Å². The summed E-state index contributed by atoms with van der Waals surface area (Å²) in [4.78, 5) is 73.0. The quantitative estimate of drug-likeness (QED) is 0.419. The number of carbonyl (C=O) groups is 5. The monoisotopic (exact) mass is 759 g/mol. The smallest absolute Gasteiger partial charge is 0.410 e. The van der Waals surface area contributed by atoms with Crippen LogP contribution in [0.4, 0.5) is 13.6 Å². The van der Waals surface area contributed by atoms with Crippen LogP contribution >= 0.6 is 0 Å². The van der Waals surface area contributed by atoms with Gasteiger partial charge in [0, 0.05) is 50.7 Å². The van der Waals surface area contributed by atoms with Crippen LogP contribution in [0.25, 0.3) is 0 Å². The highest BCUT2D eigenvalue weighted by Gasteiger charge is 2.62. The molecule has 7 rings (SSSR count). The fraction of sp³-hybridized carbons (Fsp3) is 0.649. The Balaban J connectivity index is 1.13. The SMILES string of the molecule is O=C1N[C@]2(C(=O)NS(=O)(=O)C3CC3)CC2/C=C\CCCCC[C@H](CC(=O)N2CCC(F)(F)C2)C(=O)N2C[C@H](OC(=O)N3CCc4ccccc4C3)C[C@@H]12. The van der Waals surface area contributed by atoms with E-state index in [0.717, 1.165) is 22.4 Å². The molecule has 53 heavy (non-hydrogen) atoms. The molecule has 4 heterocycles. The summed E-state index contributed by atoms with van der Waals surface area (Å²) in [6, 6.07) is 6.57. The van der Waals surface area contributed by atoms with E-state index < -0.39 is 93.4 Å². The van der Waals surface area contributed by atoms with Gasteiger partial charge in [0.15, 0.2) is 0 Å². The summed E-state index contributed by atoms with van der Waals surface area (Å²) in [5, 5.41) is 2.14. The van der Waals surface area contributed by atoms with Gasteiger partial charge < -0.3 is 24.8 Å². The van der Waals surface area contributed by atoms with Gasteiger partial charge in [-0.3, -0.25) is 23.9 Å². The van der Waals surface area contributed by atoms with Gasteiger partial charge in [0.25, 0.3) is 11.8 Å². The maximum Gasteiger partial charge on any atom is 0.410 e. The molecule has 1 aromatic rings. The predicted octanol–water partition coefficient (Wildman–Crippen LogP) is 3.03. The zero-order valence-corrected chi connectivity index (χ0v) is 30.5. The van der Waals surface area contributed by atoms with Gasteiger partial charge in [0.1, 0.15) is 17.7 Å². The highest BCUT2D eigenvalue weighted by Crippen LogP contribution is 2.46. The molecule has 1 aromatic carbocycles. The lowest BCUT2D eigenvalue weighted by atomic mass is 9.94. The molecule has 2 N–H and O–H groups in total. The average molecular weight is 760 g/mol. The Bertz CT molecular complexity index is 1790. The lowest BCUT2D eigenvalue weighted by molar-refractivity contribution is -0.145. The van der Waals surface area contributed by atoms with Crippen molar-refractivity contribution >= 4 is 39.7 Å². The Kier molecular flexibility index (Phi) is 10.3. The molecular weight excluding hydrogens is 712 g/mol. The number of nitrogens with one attached hydrogen (secondary N) is 2. The van der Waals surface area contributed by atoms with Gasteiger partial charge in [0.2, 0.25) is 27.7 Å². The molecule has 0 aromatic heterocycles. The molecule has 16 heteroatoms. The summed E-state index contributed by atoms with van der Waals surface area (Å²) in [6.45, 7) is -0.225. The maximum absolute atomic E-state index is 14.4. The molecule has 4 fully saturated rings. The summed E-state index contributed by atoms with van der Waals surface area (Å²) in [6.07, 6.45) is 5.99. The molecule has 2 saturated heterocycles. The molecule has 0 radical (unpaired) electrons. The minimum absolute atomic E-state index is 0.0919. The van der Waals surface area contributed by atoms with Gasteiger partial charge in [-0.15, -0.1) is 0 Å². The number of fused-ring (bicyclic) bond motifs is 3. The standard InChI is InChI=1S/C37H47F2N5O8S/c38-36(39)15-17-43(23-36)31(45)18-25-9-4-2-1-3-5-11-27-20-37(27,34(48)41-53(50,51)29-12-13-29)40-32(46)30-19-28(22-44(30)33(25)47)52-35(49)42-16-14-24-8-6-7-10-26(24)21-42/h5-8,10-11,25,27-30H,1-4,9,12-23H2,(H,40,46)(H,41,48)/b11-5-/t25-,27?,28-,30+,37-/m1/s1. The third kappa shape index (κ3) is 8.21. The summed E-state index contributed by atoms with van der Waals surface area (Å²) in [7, 11) is -3.93. The van der Waals surface area contributed by atoms with Gasteiger partial charge in [-0.2, -0.15) is 0 Å². The zero-order valence-electron chi connectivity index (χ0n) is 29.6. The van der Waals surface area contributed by atoms with E-state index in [0.29, 0.717) is 51.6 Å². The average Bonchev–Trinajstić information content (AvgIpc) is 4.02. The molecule has 13 nitrogen and oxygen atoms in total. The summed E-state index contributed by atoms with van der Waals surface area (Å²) < 4.78 is 61.7. The van der Waals surface area contributed by atoms with Gasteiger partial charge in [-0.05, 0) is 56.1 Å². The number of ether oxygens (including phenoxy) is 1. The number of sulfonamides is 1. The van der Waals surface area contributed by atoms with Gasteiger partial charge >= 0.3 is 6.09 Å². The largest absolute Gasteiger partial charge is 0.444 e. The minimum atomic E-state index is -3.93. The first-order valence-electron chi connectivity index (χ1n) is 18.8. The normalized spacial score (nSPS) is 30.9. The van der Waals surface area contributed by atoms with Crippen LogP contribution < -0.4 is 10.0 Å². The summed E-state index contributed by atoms with van der Waals surface area (Å²) >= 11 is 0. The fourth-order valence-electron chi connectivity index (χ4n) is 8.14. The van der Waals surface area contributed by atoms with E-state index in [9.17, 15) is 41.2 Å². The number of hydrogen-bond donors (Lipinski definition) is 2. The van der Waals surface area contributed by atoms with E-state index in [1.165, 1.54) is 4.90 Å². The van der Waals surface area contributed by atoms with E-state index in [1.54, 1.807) is 4.90 Å². The Morgan fingerprint density at radius 2 is 1.77 bits per heavy atom. The second-order valence-electron chi connectivity index (χ2n) is 15.5. The van der Waals surface area contributed by atoms with Crippen LogP contribution in [0.2, 0.25) is 0 Å². The zero-order chi connectivity index (χ0) is 37.5. The number of carbonyl (C=O) groups excluding carboxylic acids is 5. The molecule has 0 spiro atoms. The molecule has 2 saturated carbocycles. The Labute approximate surface area is 307 Å². The van der Waals surface area contributed by atoms with Crippen LogP contribution in [0.1, 0.15) is 81.8 Å². The van der Waals surface area contributed by atoms with Gasteiger partial charge in [0.05, 0.1) is 18.3 Å². The van der Waals surface area contributed by atoms with Gasteiger partial charge in [-0.25, -0.2) is 22.0 Å². The maximum atomic E-state index is 14.4. The van der Waals surface area contributed by atoms with E-state index >= 15 is 0 Å². The number of rotatable bonds is 6. The van der Waals surface area contributed by atoms with E-state index in [-0.39, 0.29) is 38.8 Å². The van der Waals surface area contributed by atoms with Crippen LogP contribution in [0.5, 0.6) is 0 Å². The number of benzene rings is 1. The highest BCUT2D eigenvalue weighted by molar-refractivity contribution is 7.91. The number of hydrogen-bond acceptors (Lipinski definition) is 8. The molecule has 5 amide bonds. The van der Waals surface area contributed by atoms with Crippen molar-refractivity contribution in [3.63, 3.8) is 0 Å². The lowest BCUT2D eigenvalue weighted by Gasteiger charge is -2.30. The van der Waals surface area contributed by atoms with Crippen molar-refractivity contribution in [3.8, 4) is 0 Å². The van der Waals surface area contributed by atoms with Crippen molar-refractivity contribution in [1.82, 2.24) is 24.7 Å². The minimum Gasteiger partial charge on any atom is -0.444 e. The molecule has 288 valence electrons. The number of amides is 5. The molecule has 0 bridgehead atoms. The van der Waals surface area contributed by atoms with Crippen LogP contribution in [0.15, 0.2) is 36.4 Å². The molecule has 5 atom stereocenters. The van der Waals surface area contributed by atoms with Crippen LogP contribution in [-0.2, 0) is 46.9 Å². The molecule has 2 aliphatic carbocycles. The molecule has 4 aliphatic heterocycles. The predicted molar refractivity (Wildman–Crippen MR) is 186 cm³/mol. The third-order valence-corrected chi connectivity index (χ3v) is 13.4. The Morgan fingerprint density at radius 3 is 2.51 bits per heavy atom. The number of likely N-dealkylation sites (tertiary alicyclic amines) is 1. The van der Waals surface area contributed by atoms with Crippen molar-refractivity contribution in [2.75, 3.05) is 26.2 Å². The molecule has 1 unspecified atom stereocenters. The molecular formula is C37H47F2N5O8S. The first-order chi connectivity index (χ1) is 25.2. The van der Waals surface area contributed by atoms with E-state index in [4.69, 9.17) is 4.74 Å². The van der Waals surface area contributed by atoms with Crippen molar-refractivity contribution < 1.29 is 45.9 Å². The Morgan fingerprint density at radius 1 is 1.00 bits per heavy atom. The third-order valence-electron chi connectivity index (χ3n) is 11.6. The van der Waals surface area contributed by atoms with Crippen LogP contribution in [0.3, 0.4) is 0 Å². The van der Waals surface area contributed by atoms with Crippen molar-refractivity contribution in [3.05, 3.63) is 47.5 Å². The number of nitrogens with zero attached hydrogens (tertiary/aromatic N) is 3.